The number of nitrogens with zero attached hydrogens (tertiary/aromatic N) is 2. The lowest BCUT2D eigenvalue weighted by molar-refractivity contribution is 0.279. The van der Waals surface area contributed by atoms with Crippen LogP contribution in [0.2, 0.25) is 0 Å². The third-order valence-corrected chi connectivity index (χ3v) is 2.83. The minimum atomic E-state index is 0.568. The maximum Gasteiger partial charge on any atom is 0.161 e. The maximum absolute atomic E-state index is 5.77. The highest BCUT2D eigenvalue weighted by Gasteiger charge is 2.05. The molecule has 1 aromatic heterocycles. The Balaban J connectivity index is 1.98. The molecule has 0 saturated carbocycles. The van der Waals surface area contributed by atoms with Crippen LogP contribution in [0, 0.1) is 0 Å². The normalized spacial score (nSPS) is 10.4. The molecule has 0 unspecified atom stereocenters. The van der Waals surface area contributed by atoms with Gasteiger partial charge < -0.3 is 19.8 Å². The van der Waals surface area contributed by atoms with E-state index in [1.807, 2.05) is 29.0 Å². The molecule has 0 radical (unpaired) electrons. The Morgan fingerprint density at radius 2 is 2.21 bits per heavy atom. The summed E-state index contributed by atoms with van der Waals surface area (Å²) in [5.74, 6) is 1.50. The van der Waals surface area contributed by atoms with Gasteiger partial charge in [0.1, 0.15) is 6.61 Å². The predicted octanol–water partition coefficient (Wildman–Crippen LogP) is 1.47. The minimum absolute atomic E-state index is 0.568. The van der Waals surface area contributed by atoms with E-state index in [1.165, 1.54) is 0 Å². The van der Waals surface area contributed by atoms with Gasteiger partial charge in [-0.15, -0.1) is 0 Å². The summed E-state index contributed by atoms with van der Waals surface area (Å²) in [6.07, 6.45) is 6.27. The van der Waals surface area contributed by atoms with Gasteiger partial charge in [0, 0.05) is 12.4 Å². The van der Waals surface area contributed by atoms with Crippen molar-refractivity contribution in [3.8, 4) is 11.5 Å². The van der Waals surface area contributed by atoms with Crippen LogP contribution in [-0.2, 0) is 13.0 Å². The van der Waals surface area contributed by atoms with Crippen LogP contribution in [0.4, 0.5) is 0 Å². The van der Waals surface area contributed by atoms with Gasteiger partial charge in [-0.1, -0.05) is 6.07 Å². The predicted molar refractivity (Wildman–Crippen MR) is 73.5 cm³/mol. The molecule has 0 fully saturated rings. The first-order valence-corrected chi connectivity index (χ1v) is 6.29. The van der Waals surface area contributed by atoms with E-state index in [0.717, 1.165) is 30.0 Å². The highest BCUT2D eigenvalue weighted by atomic mass is 16.5. The van der Waals surface area contributed by atoms with E-state index in [2.05, 4.69) is 4.98 Å². The molecule has 102 valence electrons. The number of nitrogens with two attached hydrogens (primary N) is 1. The average Bonchev–Trinajstić information content (AvgIpc) is 2.93. The minimum Gasteiger partial charge on any atom is -0.493 e. The summed E-state index contributed by atoms with van der Waals surface area (Å²) >= 11 is 0. The highest BCUT2D eigenvalue weighted by molar-refractivity contribution is 5.43. The lowest BCUT2D eigenvalue weighted by Gasteiger charge is -2.12. The zero-order valence-corrected chi connectivity index (χ0v) is 11.1. The topological polar surface area (TPSA) is 62.3 Å². The number of benzene rings is 1. The van der Waals surface area contributed by atoms with Crippen LogP contribution in [0.15, 0.2) is 36.9 Å². The summed E-state index contributed by atoms with van der Waals surface area (Å²) in [7, 11) is 1.64. The molecule has 1 heterocycles. The molecule has 2 aromatic rings. The van der Waals surface area contributed by atoms with Crippen LogP contribution in [-0.4, -0.2) is 29.8 Å². The molecule has 1 aromatic carbocycles. The van der Waals surface area contributed by atoms with E-state index in [0.29, 0.717) is 13.2 Å². The quantitative estimate of drug-likeness (QED) is 0.820. The first-order valence-electron chi connectivity index (χ1n) is 6.29. The van der Waals surface area contributed by atoms with Gasteiger partial charge in [0.2, 0.25) is 0 Å². The molecule has 5 heteroatoms. The molecular weight excluding hydrogens is 242 g/mol. The van der Waals surface area contributed by atoms with Gasteiger partial charge >= 0.3 is 0 Å². The smallest absolute Gasteiger partial charge is 0.161 e. The van der Waals surface area contributed by atoms with Crippen LogP contribution in [0.25, 0.3) is 0 Å². The van der Waals surface area contributed by atoms with Gasteiger partial charge in [-0.3, -0.25) is 0 Å². The summed E-state index contributed by atoms with van der Waals surface area (Å²) in [6.45, 7) is 1.95. The first kappa shape index (κ1) is 13.4. The second-order valence-electron chi connectivity index (χ2n) is 4.17. The first-order chi connectivity index (χ1) is 9.33. The zero-order chi connectivity index (χ0) is 13.5. The van der Waals surface area contributed by atoms with Gasteiger partial charge in [0.05, 0.1) is 20.0 Å². The van der Waals surface area contributed by atoms with Crippen molar-refractivity contribution in [1.29, 1.82) is 0 Å². The second kappa shape index (κ2) is 6.80. The van der Waals surface area contributed by atoms with Gasteiger partial charge in [-0.2, -0.15) is 0 Å². The molecule has 0 bridgehead atoms. The third-order valence-electron chi connectivity index (χ3n) is 2.83. The summed E-state index contributed by atoms with van der Waals surface area (Å²) in [5, 5.41) is 0. The molecule has 0 aliphatic carbocycles. The van der Waals surface area contributed by atoms with Crippen LogP contribution in [0.1, 0.15) is 5.56 Å². The van der Waals surface area contributed by atoms with Crippen LogP contribution >= 0.6 is 0 Å². The van der Waals surface area contributed by atoms with Crippen molar-refractivity contribution in [3.63, 3.8) is 0 Å². The van der Waals surface area contributed by atoms with Crippen molar-refractivity contribution in [2.45, 2.75) is 13.0 Å². The standard InChI is InChI=1S/C14H19N3O2/c1-18-13-3-2-12(4-5-15)10-14(13)19-9-8-17-7-6-16-11-17/h2-3,6-7,10-11H,4-5,8-9,15H2,1H3. The summed E-state index contributed by atoms with van der Waals surface area (Å²) < 4.78 is 13.0. The molecule has 2 N–H and O–H groups in total. The van der Waals surface area contributed by atoms with Gasteiger partial charge in [0.25, 0.3) is 0 Å². The SMILES string of the molecule is COc1ccc(CCN)cc1OCCn1ccnc1. The Labute approximate surface area is 113 Å². The van der Waals surface area contributed by atoms with Crippen molar-refractivity contribution < 1.29 is 9.47 Å². The molecule has 0 atom stereocenters. The maximum atomic E-state index is 5.77. The highest BCUT2D eigenvalue weighted by Crippen LogP contribution is 2.28. The number of imidazole rings is 1. The van der Waals surface area contributed by atoms with E-state index in [-0.39, 0.29) is 0 Å². The Bertz CT molecular complexity index is 497. The Morgan fingerprint density at radius 1 is 1.32 bits per heavy atom. The van der Waals surface area contributed by atoms with Gasteiger partial charge in [0.15, 0.2) is 11.5 Å². The van der Waals surface area contributed by atoms with Crippen LogP contribution < -0.4 is 15.2 Å². The molecule has 2 rings (SSSR count). The average molecular weight is 261 g/mol. The lowest BCUT2D eigenvalue weighted by Crippen LogP contribution is -2.08. The Hall–Kier alpha value is -2.01. The zero-order valence-electron chi connectivity index (χ0n) is 11.1. The largest absolute Gasteiger partial charge is 0.493 e. The summed E-state index contributed by atoms with van der Waals surface area (Å²) in [4.78, 5) is 3.99. The molecule has 0 aliphatic heterocycles. The van der Waals surface area contributed by atoms with Crippen molar-refractivity contribution in [2.24, 2.45) is 5.73 Å². The lowest BCUT2D eigenvalue weighted by atomic mass is 10.1. The van der Waals surface area contributed by atoms with E-state index < -0.39 is 0 Å². The monoisotopic (exact) mass is 261 g/mol. The fourth-order valence-corrected chi connectivity index (χ4v) is 1.84. The molecule has 5 nitrogen and oxygen atoms in total. The van der Waals surface area contributed by atoms with Crippen molar-refractivity contribution in [2.75, 3.05) is 20.3 Å². The fourth-order valence-electron chi connectivity index (χ4n) is 1.84. The number of ether oxygens (including phenoxy) is 2. The van der Waals surface area contributed by atoms with Crippen molar-refractivity contribution >= 4 is 0 Å². The van der Waals surface area contributed by atoms with E-state index in [1.54, 1.807) is 19.6 Å². The van der Waals surface area contributed by atoms with Gasteiger partial charge in [-0.25, -0.2) is 4.98 Å². The number of hydrogen-bond donors (Lipinski definition) is 1. The third kappa shape index (κ3) is 3.72. The molecule has 0 amide bonds. The van der Waals surface area contributed by atoms with E-state index >= 15 is 0 Å². The number of aromatic nitrogens is 2. The molecule has 0 spiro atoms. The fraction of sp³-hybridized carbons (Fsp3) is 0.357. The second-order valence-corrected chi connectivity index (χ2v) is 4.17. The number of methoxy groups -OCH3 is 1. The van der Waals surface area contributed by atoms with E-state index in [4.69, 9.17) is 15.2 Å². The summed E-state index contributed by atoms with van der Waals surface area (Å²) in [5.41, 5.74) is 6.72. The van der Waals surface area contributed by atoms with Crippen molar-refractivity contribution in [3.05, 3.63) is 42.5 Å². The van der Waals surface area contributed by atoms with Gasteiger partial charge in [-0.05, 0) is 30.7 Å². The molecular formula is C14H19N3O2. The Morgan fingerprint density at radius 3 is 2.89 bits per heavy atom. The molecule has 19 heavy (non-hydrogen) atoms. The summed E-state index contributed by atoms with van der Waals surface area (Å²) in [6, 6.07) is 5.91. The molecule has 0 aliphatic rings. The number of hydrogen-bond acceptors (Lipinski definition) is 4. The van der Waals surface area contributed by atoms with Crippen molar-refractivity contribution in [1.82, 2.24) is 9.55 Å². The van der Waals surface area contributed by atoms with E-state index in [9.17, 15) is 0 Å². The molecule has 0 saturated heterocycles. The Kier molecular flexibility index (Phi) is 4.80. The number of rotatable bonds is 7. The van der Waals surface area contributed by atoms with Crippen LogP contribution in [0.5, 0.6) is 11.5 Å². The van der Waals surface area contributed by atoms with Crippen LogP contribution in [0.3, 0.4) is 0 Å².